The zero-order chi connectivity index (χ0) is 15.2. The van der Waals surface area contributed by atoms with Crippen LogP contribution in [0, 0.1) is 11.8 Å². The molecule has 2 heterocycles. The van der Waals surface area contributed by atoms with Gasteiger partial charge in [-0.3, -0.25) is 9.59 Å². The molecular weight excluding hydrogens is 292 g/mol. The van der Waals surface area contributed by atoms with Crippen molar-refractivity contribution >= 4 is 23.7 Å². The summed E-state index contributed by atoms with van der Waals surface area (Å²) in [6.45, 7) is 0. The lowest BCUT2D eigenvalue weighted by Gasteiger charge is -2.33. The minimum Gasteiger partial charge on any atom is -0.469 e. The van der Waals surface area contributed by atoms with Crippen molar-refractivity contribution in [2.45, 2.75) is 11.0 Å². The number of benzene rings is 1. The Morgan fingerprint density at radius 2 is 1.86 bits per heavy atom. The first-order chi connectivity index (χ1) is 10.1. The molecule has 2 aliphatic heterocycles. The number of esters is 2. The van der Waals surface area contributed by atoms with Crippen LogP contribution in [0.25, 0.3) is 0 Å². The molecule has 0 unspecified atom stereocenters. The van der Waals surface area contributed by atoms with Crippen molar-refractivity contribution in [2.75, 3.05) is 20.5 Å². The highest BCUT2D eigenvalue weighted by atomic mass is 32.2. The maximum atomic E-state index is 12.3. The third kappa shape index (κ3) is 1.75. The lowest BCUT2D eigenvalue weighted by molar-refractivity contribution is -0.157. The Labute approximate surface area is 126 Å². The van der Waals surface area contributed by atoms with Crippen LogP contribution in [0.15, 0.2) is 24.3 Å². The molecule has 2 aliphatic rings. The van der Waals surface area contributed by atoms with Crippen LogP contribution < -0.4 is 0 Å². The summed E-state index contributed by atoms with van der Waals surface area (Å²) in [5.74, 6) is -2.27. The van der Waals surface area contributed by atoms with E-state index in [4.69, 9.17) is 14.2 Å². The fourth-order valence-electron chi connectivity index (χ4n) is 3.41. The number of hydrogen-bond acceptors (Lipinski definition) is 6. The van der Waals surface area contributed by atoms with Crippen LogP contribution in [-0.2, 0) is 28.7 Å². The number of carbonyl (C=O) groups is 2. The third-order valence-electron chi connectivity index (χ3n) is 4.27. The second kappa shape index (κ2) is 5.03. The average Bonchev–Trinajstić information content (AvgIpc) is 3.05. The maximum Gasteiger partial charge on any atom is 0.313 e. The van der Waals surface area contributed by atoms with Crippen LogP contribution >= 0.6 is 11.8 Å². The monoisotopic (exact) mass is 308 g/mol. The van der Waals surface area contributed by atoms with Crippen LogP contribution in [0.4, 0.5) is 0 Å². The van der Waals surface area contributed by atoms with Crippen LogP contribution in [0.3, 0.4) is 0 Å². The normalized spacial score (nSPS) is 32.6. The Morgan fingerprint density at radius 3 is 2.48 bits per heavy atom. The van der Waals surface area contributed by atoms with Crippen molar-refractivity contribution in [3.05, 3.63) is 35.4 Å². The molecule has 1 fully saturated rings. The van der Waals surface area contributed by atoms with E-state index in [2.05, 4.69) is 0 Å². The van der Waals surface area contributed by atoms with Crippen LogP contribution in [-0.4, -0.2) is 32.4 Å². The fraction of sp³-hybridized carbons (Fsp3) is 0.467. The molecule has 112 valence electrons. The molecule has 0 N–H and O–H groups in total. The zero-order valence-electron chi connectivity index (χ0n) is 12.0. The highest BCUT2D eigenvalue weighted by Crippen LogP contribution is 2.65. The molecule has 3 rings (SSSR count). The summed E-state index contributed by atoms with van der Waals surface area (Å²) in [5, 5.41) is 0. The number of rotatable bonds is 3. The van der Waals surface area contributed by atoms with Gasteiger partial charge >= 0.3 is 11.9 Å². The highest BCUT2D eigenvalue weighted by molar-refractivity contribution is 7.99. The van der Waals surface area contributed by atoms with Crippen molar-refractivity contribution < 1.29 is 23.8 Å². The summed E-state index contributed by atoms with van der Waals surface area (Å²) in [6.07, 6.45) is 1.40. The molecule has 0 radical (unpaired) electrons. The number of thioether (sulfide) groups is 1. The molecule has 0 amide bonds. The van der Waals surface area contributed by atoms with E-state index in [1.165, 1.54) is 26.0 Å². The Morgan fingerprint density at radius 1 is 1.19 bits per heavy atom. The molecule has 5 nitrogen and oxygen atoms in total. The second-order valence-electron chi connectivity index (χ2n) is 5.05. The topological polar surface area (TPSA) is 61.8 Å². The molecule has 2 bridgehead atoms. The predicted octanol–water partition coefficient (Wildman–Crippen LogP) is 1.87. The summed E-state index contributed by atoms with van der Waals surface area (Å²) in [5.41, 5.74) is 1.89. The average molecular weight is 308 g/mol. The summed E-state index contributed by atoms with van der Waals surface area (Å²) in [7, 11) is 2.64. The largest absolute Gasteiger partial charge is 0.469 e. The molecule has 4 atom stereocenters. The number of carbonyl (C=O) groups excluding carboxylic acids is 2. The van der Waals surface area contributed by atoms with Gasteiger partial charge in [0.15, 0.2) is 4.93 Å². The number of fused-ring (bicyclic) bond motifs is 5. The maximum absolute atomic E-state index is 12.3. The van der Waals surface area contributed by atoms with Gasteiger partial charge in [0.1, 0.15) is 11.8 Å². The first-order valence-corrected chi connectivity index (χ1v) is 7.81. The van der Waals surface area contributed by atoms with Crippen molar-refractivity contribution in [1.29, 1.82) is 0 Å². The number of hydrogen-bond donors (Lipinski definition) is 0. The Balaban J connectivity index is 2.18. The Hall–Kier alpha value is -1.53. The van der Waals surface area contributed by atoms with E-state index in [1.807, 2.05) is 30.5 Å². The summed E-state index contributed by atoms with van der Waals surface area (Å²) >= 11 is 1.42. The standard InChI is InChI=1S/C15H16O5S/c1-18-13(16)10-11(14(17)19-2)15(21-3)9-7-5-4-6-8(9)12(10)20-15/h4-7,10-12H,1-3H3/t10-,11+,12+,15+/m1/s1. The van der Waals surface area contributed by atoms with Crippen LogP contribution in [0.2, 0.25) is 0 Å². The molecule has 0 aromatic heterocycles. The van der Waals surface area contributed by atoms with Gasteiger partial charge in [-0.15, -0.1) is 11.8 Å². The molecule has 1 saturated heterocycles. The predicted molar refractivity (Wildman–Crippen MR) is 76.5 cm³/mol. The lowest BCUT2D eigenvalue weighted by Crippen LogP contribution is -2.42. The van der Waals surface area contributed by atoms with Gasteiger partial charge in [0.2, 0.25) is 0 Å². The second-order valence-corrected chi connectivity index (χ2v) is 6.06. The minimum atomic E-state index is -0.882. The van der Waals surface area contributed by atoms with Gasteiger partial charge in [0.05, 0.1) is 20.3 Å². The fourth-order valence-corrected chi connectivity index (χ4v) is 4.51. The minimum absolute atomic E-state index is 0.444. The molecule has 21 heavy (non-hydrogen) atoms. The summed E-state index contributed by atoms with van der Waals surface area (Å²) < 4.78 is 15.9. The van der Waals surface area contributed by atoms with E-state index in [1.54, 1.807) is 0 Å². The SMILES string of the molecule is COC(=O)[C@@H]1[C@@H](C(=O)OC)[C@]2(SC)O[C@H]1c1ccccc12. The van der Waals surface area contributed by atoms with Gasteiger partial charge in [-0.2, -0.15) is 0 Å². The van der Waals surface area contributed by atoms with Crippen molar-refractivity contribution in [2.24, 2.45) is 11.8 Å². The van der Waals surface area contributed by atoms with Crippen molar-refractivity contribution in [3.63, 3.8) is 0 Å². The third-order valence-corrected chi connectivity index (χ3v) is 5.45. The smallest absolute Gasteiger partial charge is 0.313 e. The Kier molecular flexibility index (Phi) is 3.45. The van der Waals surface area contributed by atoms with Gasteiger partial charge in [-0.25, -0.2) is 0 Å². The van der Waals surface area contributed by atoms with Gasteiger partial charge in [0.25, 0.3) is 0 Å². The van der Waals surface area contributed by atoms with Gasteiger partial charge < -0.3 is 14.2 Å². The lowest BCUT2D eigenvalue weighted by atomic mass is 9.75. The molecule has 1 aromatic carbocycles. The molecule has 6 heteroatoms. The molecule has 1 aromatic rings. The van der Waals surface area contributed by atoms with Crippen LogP contribution in [0.5, 0.6) is 0 Å². The highest BCUT2D eigenvalue weighted by Gasteiger charge is 2.67. The zero-order valence-corrected chi connectivity index (χ0v) is 12.8. The quantitative estimate of drug-likeness (QED) is 0.794. The number of methoxy groups -OCH3 is 2. The van der Waals surface area contributed by atoms with Gasteiger partial charge in [-0.1, -0.05) is 24.3 Å². The van der Waals surface area contributed by atoms with E-state index in [9.17, 15) is 9.59 Å². The Bertz CT molecular complexity index is 601. The van der Waals surface area contributed by atoms with E-state index in [-0.39, 0.29) is 0 Å². The molecule has 0 saturated carbocycles. The van der Waals surface area contributed by atoms with Gasteiger partial charge in [-0.05, 0) is 11.8 Å². The van der Waals surface area contributed by atoms with E-state index < -0.39 is 34.8 Å². The summed E-state index contributed by atoms with van der Waals surface area (Å²) in [4.78, 5) is 23.6. The van der Waals surface area contributed by atoms with Crippen molar-refractivity contribution in [1.82, 2.24) is 0 Å². The molecule has 0 spiro atoms. The van der Waals surface area contributed by atoms with E-state index >= 15 is 0 Å². The van der Waals surface area contributed by atoms with E-state index in [0.717, 1.165) is 11.1 Å². The van der Waals surface area contributed by atoms with Crippen molar-refractivity contribution in [3.8, 4) is 0 Å². The first kappa shape index (κ1) is 14.4. The van der Waals surface area contributed by atoms with Gasteiger partial charge in [0, 0.05) is 5.56 Å². The summed E-state index contributed by atoms with van der Waals surface area (Å²) in [6, 6.07) is 7.68. The molecule has 0 aliphatic carbocycles. The first-order valence-electron chi connectivity index (χ1n) is 6.58. The number of ether oxygens (including phenoxy) is 3. The molecular formula is C15H16O5S. The van der Waals surface area contributed by atoms with E-state index in [0.29, 0.717) is 0 Å². The van der Waals surface area contributed by atoms with Crippen LogP contribution in [0.1, 0.15) is 17.2 Å².